The molecule has 0 aliphatic carbocycles. The number of likely N-dealkylation sites (tertiary alicyclic amines) is 1. The van der Waals surface area contributed by atoms with Crippen LogP contribution in [0.4, 0.5) is 4.79 Å². The summed E-state index contributed by atoms with van der Waals surface area (Å²) in [5.41, 5.74) is 8.34. The minimum atomic E-state index is -1.26. The Labute approximate surface area is 169 Å². The number of carbonyl (C=O) groups excluding carboxylic acids is 1. The van der Waals surface area contributed by atoms with Crippen LogP contribution in [-0.2, 0) is 17.7 Å². The Morgan fingerprint density at radius 2 is 1.86 bits per heavy atom. The van der Waals surface area contributed by atoms with Crippen LogP contribution >= 0.6 is 0 Å². The van der Waals surface area contributed by atoms with Gasteiger partial charge in [-0.2, -0.15) is 0 Å². The SMILES string of the molecule is NCC1CCn2cc(-c3ccc(C(=O)N4CCC(OC(=O)O)CC4)cc3)nc2C1. The summed E-state index contributed by atoms with van der Waals surface area (Å²) >= 11 is 0. The molecular formula is C21H26N4O4. The Morgan fingerprint density at radius 3 is 2.52 bits per heavy atom. The van der Waals surface area contributed by atoms with Crippen LogP contribution in [0.5, 0.6) is 0 Å². The Balaban J connectivity index is 1.40. The minimum absolute atomic E-state index is 0.0414. The number of piperidine rings is 1. The number of ether oxygens (including phenoxy) is 1. The number of rotatable bonds is 4. The number of benzene rings is 1. The van der Waals surface area contributed by atoms with Crippen molar-refractivity contribution >= 4 is 12.1 Å². The fourth-order valence-corrected chi connectivity index (χ4v) is 4.12. The number of fused-ring (bicyclic) bond motifs is 1. The molecule has 8 heteroatoms. The molecule has 2 aromatic rings. The van der Waals surface area contributed by atoms with Gasteiger partial charge in [-0.15, -0.1) is 0 Å². The second kappa shape index (κ2) is 8.24. The maximum atomic E-state index is 12.7. The van der Waals surface area contributed by atoms with Gasteiger partial charge in [-0.25, -0.2) is 9.78 Å². The molecule has 1 atom stereocenters. The highest BCUT2D eigenvalue weighted by Crippen LogP contribution is 2.25. The van der Waals surface area contributed by atoms with Gasteiger partial charge in [-0.3, -0.25) is 4.79 Å². The quantitative estimate of drug-likeness (QED) is 0.765. The molecule has 1 amide bonds. The van der Waals surface area contributed by atoms with Crippen molar-refractivity contribution < 1.29 is 19.4 Å². The molecule has 3 N–H and O–H groups in total. The Kier molecular flexibility index (Phi) is 5.53. The van der Waals surface area contributed by atoms with E-state index in [0.717, 1.165) is 36.5 Å². The normalized spacial score (nSPS) is 19.6. The van der Waals surface area contributed by atoms with Crippen LogP contribution in [0.25, 0.3) is 11.3 Å². The number of aryl methyl sites for hydroxylation is 1. The van der Waals surface area contributed by atoms with Crippen molar-refractivity contribution in [2.45, 2.75) is 38.3 Å². The van der Waals surface area contributed by atoms with Gasteiger partial charge in [0.15, 0.2) is 0 Å². The fraction of sp³-hybridized carbons (Fsp3) is 0.476. The molecule has 2 aliphatic heterocycles. The molecule has 0 radical (unpaired) electrons. The second-order valence-corrected chi connectivity index (χ2v) is 7.78. The summed E-state index contributed by atoms with van der Waals surface area (Å²) in [6, 6.07) is 7.53. The van der Waals surface area contributed by atoms with Crippen molar-refractivity contribution in [1.82, 2.24) is 14.5 Å². The summed E-state index contributed by atoms with van der Waals surface area (Å²) < 4.78 is 7.00. The molecule has 29 heavy (non-hydrogen) atoms. The van der Waals surface area contributed by atoms with Gasteiger partial charge in [0.1, 0.15) is 11.9 Å². The zero-order valence-corrected chi connectivity index (χ0v) is 16.3. The van der Waals surface area contributed by atoms with E-state index in [1.807, 2.05) is 24.3 Å². The van der Waals surface area contributed by atoms with Crippen LogP contribution in [0.15, 0.2) is 30.5 Å². The minimum Gasteiger partial charge on any atom is -0.450 e. The molecular weight excluding hydrogens is 372 g/mol. The molecule has 0 spiro atoms. The lowest BCUT2D eigenvalue weighted by Gasteiger charge is -2.31. The molecule has 154 valence electrons. The number of hydrogen-bond acceptors (Lipinski definition) is 5. The number of carbonyl (C=O) groups is 2. The Hall–Kier alpha value is -2.87. The van der Waals surface area contributed by atoms with E-state index in [4.69, 9.17) is 20.6 Å². The predicted octanol–water partition coefficient (Wildman–Crippen LogP) is 2.37. The smallest absolute Gasteiger partial charge is 0.450 e. The summed E-state index contributed by atoms with van der Waals surface area (Å²) in [5.74, 6) is 1.54. The number of nitrogens with two attached hydrogens (primary N) is 1. The van der Waals surface area contributed by atoms with E-state index in [9.17, 15) is 9.59 Å². The average Bonchev–Trinajstić information content (AvgIpc) is 3.16. The standard InChI is InChI=1S/C21H26N4O4/c22-12-14-5-8-25-13-18(23-19(25)11-14)15-1-3-16(4-2-15)20(26)24-9-6-17(7-10-24)29-21(27)28/h1-4,13-14,17H,5-12,22H2,(H,27,28). The third-order valence-corrected chi connectivity index (χ3v) is 5.87. The van der Waals surface area contributed by atoms with Gasteiger partial charge < -0.3 is 25.0 Å². The molecule has 1 saturated heterocycles. The molecule has 2 aliphatic rings. The van der Waals surface area contributed by atoms with Crippen molar-refractivity contribution in [3.05, 3.63) is 41.9 Å². The van der Waals surface area contributed by atoms with Crippen molar-refractivity contribution in [3.63, 3.8) is 0 Å². The van der Waals surface area contributed by atoms with E-state index in [2.05, 4.69) is 10.8 Å². The summed E-state index contributed by atoms with van der Waals surface area (Å²) in [6.45, 7) is 2.63. The first-order valence-electron chi connectivity index (χ1n) is 10.1. The monoisotopic (exact) mass is 398 g/mol. The number of nitrogens with zero attached hydrogens (tertiary/aromatic N) is 3. The van der Waals surface area contributed by atoms with Gasteiger partial charge in [0.25, 0.3) is 5.91 Å². The molecule has 3 heterocycles. The molecule has 1 aromatic carbocycles. The largest absolute Gasteiger partial charge is 0.506 e. The highest BCUT2D eigenvalue weighted by atomic mass is 16.7. The highest BCUT2D eigenvalue weighted by molar-refractivity contribution is 5.94. The lowest BCUT2D eigenvalue weighted by atomic mass is 9.98. The first-order valence-corrected chi connectivity index (χ1v) is 10.1. The summed E-state index contributed by atoms with van der Waals surface area (Å²) in [6.07, 6.45) is 3.54. The maximum Gasteiger partial charge on any atom is 0.506 e. The highest BCUT2D eigenvalue weighted by Gasteiger charge is 2.26. The third-order valence-electron chi connectivity index (χ3n) is 5.87. The number of aromatic nitrogens is 2. The van der Waals surface area contributed by atoms with Crippen LogP contribution in [0.3, 0.4) is 0 Å². The van der Waals surface area contributed by atoms with Crippen molar-refractivity contribution in [3.8, 4) is 11.3 Å². The lowest BCUT2D eigenvalue weighted by Crippen LogP contribution is -2.41. The van der Waals surface area contributed by atoms with Gasteiger partial charge >= 0.3 is 6.16 Å². The topological polar surface area (TPSA) is 111 Å². The van der Waals surface area contributed by atoms with Gasteiger partial charge in [0.05, 0.1) is 5.69 Å². The number of hydrogen-bond donors (Lipinski definition) is 2. The first-order chi connectivity index (χ1) is 14.0. The molecule has 0 saturated carbocycles. The lowest BCUT2D eigenvalue weighted by molar-refractivity contribution is 0.0199. The zero-order valence-electron chi connectivity index (χ0n) is 16.3. The van der Waals surface area contributed by atoms with Crippen LogP contribution < -0.4 is 5.73 Å². The number of amides is 1. The number of imidazole rings is 1. The molecule has 8 nitrogen and oxygen atoms in total. The molecule has 0 bridgehead atoms. The fourth-order valence-electron chi connectivity index (χ4n) is 4.12. The summed E-state index contributed by atoms with van der Waals surface area (Å²) in [5, 5.41) is 8.70. The second-order valence-electron chi connectivity index (χ2n) is 7.78. The van der Waals surface area contributed by atoms with Crippen LogP contribution in [0.1, 0.15) is 35.4 Å². The molecule has 1 fully saturated rings. The Morgan fingerprint density at radius 1 is 1.14 bits per heavy atom. The predicted molar refractivity (Wildman–Crippen MR) is 107 cm³/mol. The van der Waals surface area contributed by atoms with E-state index in [1.54, 1.807) is 4.90 Å². The van der Waals surface area contributed by atoms with Gasteiger partial charge in [-0.05, 0) is 31.0 Å². The van der Waals surface area contributed by atoms with Crippen molar-refractivity contribution in [2.24, 2.45) is 11.7 Å². The molecule has 1 unspecified atom stereocenters. The molecule has 4 rings (SSSR count). The molecule has 1 aromatic heterocycles. The van der Waals surface area contributed by atoms with Crippen molar-refractivity contribution in [2.75, 3.05) is 19.6 Å². The Bertz CT molecular complexity index is 885. The summed E-state index contributed by atoms with van der Waals surface area (Å²) in [4.78, 5) is 29.9. The van der Waals surface area contributed by atoms with Crippen LogP contribution in [0, 0.1) is 5.92 Å². The van der Waals surface area contributed by atoms with E-state index in [-0.39, 0.29) is 12.0 Å². The van der Waals surface area contributed by atoms with Crippen LogP contribution in [-0.4, -0.2) is 57.4 Å². The first kappa shape index (κ1) is 19.4. The van der Waals surface area contributed by atoms with E-state index in [1.165, 1.54) is 0 Å². The zero-order chi connectivity index (χ0) is 20.4. The number of carboxylic acid groups (broad SMARTS) is 1. The average molecular weight is 398 g/mol. The maximum absolute atomic E-state index is 12.7. The third kappa shape index (κ3) is 4.27. The van der Waals surface area contributed by atoms with Crippen LogP contribution in [0.2, 0.25) is 0 Å². The van der Waals surface area contributed by atoms with Crippen molar-refractivity contribution in [1.29, 1.82) is 0 Å². The summed E-state index contributed by atoms with van der Waals surface area (Å²) in [7, 11) is 0. The van der Waals surface area contributed by atoms with Gasteiger partial charge in [0.2, 0.25) is 0 Å². The van der Waals surface area contributed by atoms with E-state index < -0.39 is 6.16 Å². The van der Waals surface area contributed by atoms with E-state index in [0.29, 0.717) is 44.0 Å². The van der Waals surface area contributed by atoms with Gasteiger partial charge in [-0.1, -0.05) is 12.1 Å². The van der Waals surface area contributed by atoms with Gasteiger partial charge in [0, 0.05) is 56.2 Å². The van der Waals surface area contributed by atoms with E-state index >= 15 is 0 Å².